The number of aryl methyl sites for hydroxylation is 1. The molecule has 0 aliphatic heterocycles. The number of halogens is 4. The minimum Gasteiger partial charge on any atom is -0.386 e. The monoisotopic (exact) mass is 515 g/mol. The number of carbonyl (C=O) groups excluding carboxylic acids is 1. The summed E-state index contributed by atoms with van der Waals surface area (Å²) < 4.78 is 50.7. The van der Waals surface area contributed by atoms with E-state index in [0.29, 0.717) is 11.3 Å². The minimum atomic E-state index is -4.18. The van der Waals surface area contributed by atoms with Gasteiger partial charge in [0.15, 0.2) is 0 Å². The molecule has 2 aliphatic carbocycles. The van der Waals surface area contributed by atoms with Crippen molar-refractivity contribution in [3.05, 3.63) is 29.1 Å². The first-order valence-corrected chi connectivity index (χ1v) is 13.0. The van der Waals surface area contributed by atoms with Crippen LogP contribution in [0.25, 0.3) is 0 Å². The van der Waals surface area contributed by atoms with E-state index in [-0.39, 0.29) is 37.3 Å². The molecule has 3 rings (SSSR count). The molecule has 2 aliphatic rings. The van der Waals surface area contributed by atoms with Gasteiger partial charge in [-0.2, -0.15) is 13.2 Å². The van der Waals surface area contributed by atoms with Gasteiger partial charge in [0.2, 0.25) is 0 Å². The van der Waals surface area contributed by atoms with E-state index in [1.807, 2.05) is 13.8 Å². The molecule has 0 heterocycles. The van der Waals surface area contributed by atoms with Crippen molar-refractivity contribution in [2.45, 2.75) is 125 Å². The lowest BCUT2D eigenvalue weighted by Crippen LogP contribution is -2.26. The van der Waals surface area contributed by atoms with Crippen molar-refractivity contribution in [3.63, 3.8) is 0 Å². The van der Waals surface area contributed by atoms with Crippen molar-refractivity contribution in [2.75, 3.05) is 0 Å². The van der Waals surface area contributed by atoms with Gasteiger partial charge in [0.05, 0.1) is 11.0 Å². The van der Waals surface area contributed by atoms with E-state index < -0.39 is 17.2 Å². The SMILES string of the molecule is CC1(C)CCC1.CCC(=O)CC1(C(F)(F)F)CC1.CCCC(C)=Nc1c(C)cc(C(C)(C)O)cc1F. The normalized spacial score (nSPS) is 18.2. The van der Waals surface area contributed by atoms with Crippen LogP contribution in [0.3, 0.4) is 0 Å². The van der Waals surface area contributed by atoms with Gasteiger partial charge in [0, 0.05) is 18.6 Å². The van der Waals surface area contributed by atoms with Crippen molar-refractivity contribution in [1.82, 2.24) is 0 Å². The van der Waals surface area contributed by atoms with E-state index in [1.165, 1.54) is 25.3 Å². The summed E-state index contributed by atoms with van der Waals surface area (Å²) in [6.45, 7) is 15.3. The molecule has 3 nitrogen and oxygen atoms in total. The van der Waals surface area contributed by atoms with Gasteiger partial charge in [-0.05, 0) is 82.4 Å². The second-order valence-corrected chi connectivity index (χ2v) is 11.6. The second-order valence-electron chi connectivity index (χ2n) is 11.6. The van der Waals surface area contributed by atoms with Crippen LogP contribution < -0.4 is 0 Å². The van der Waals surface area contributed by atoms with Crippen molar-refractivity contribution < 1.29 is 27.5 Å². The Morgan fingerprint density at radius 2 is 1.61 bits per heavy atom. The van der Waals surface area contributed by atoms with Crippen molar-refractivity contribution in [2.24, 2.45) is 15.8 Å². The van der Waals surface area contributed by atoms with Gasteiger partial charge in [-0.1, -0.05) is 46.6 Å². The number of aliphatic hydroxyl groups is 1. The number of nitrogens with zero attached hydrogens (tertiary/aromatic N) is 1. The van der Waals surface area contributed by atoms with E-state index in [1.54, 1.807) is 26.8 Å². The highest BCUT2D eigenvalue weighted by Crippen LogP contribution is 2.60. The summed E-state index contributed by atoms with van der Waals surface area (Å²) in [6.07, 6.45) is 2.20. The number of ketones is 1. The smallest absolute Gasteiger partial charge is 0.386 e. The minimum absolute atomic E-state index is 0.127. The molecule has 36 heavy (non-hydrogen) atoms. The molecule has 0 saturated heterocycles. The first kappa shape index (κ1) is 32.3. The molecule has 0 unspecified atom stereocenters. The molecule has 1 aromatic carbocycles. The maximum absolute atomic E-state index is 14.0. The van der Waals surface area contributed by atoms with Crippen molar-refractivity contribution in [1.29, 1.82) is 0 Å². The van der Waals surface area contributed by atoms with Crippen LogP contribution in [0.5, 0.6) is 0 Å². The fourth-order valence-corrected chi connectivity index (χ4v) is 3.94. The van der Waals surface area contributed by atoms with Crippen LogP contribution >= 0.6 is 0 Å². The Bertz CT molecular complexity index is 878. The molecular weight excluding hydrogens is 470 g/mol. The number of benzene rings is 1. The third-order valence-corrected chi connectivity index (χ3v) is 6.97. The van der Waals surface area contributed by atoms with Crippen LogP contribution in [0, 0.1) is 23.6 Å². The zero-order valence-electron chi connectivity index (χ0n) is 23.3. The standard InChI is InChI=1S/C15H22FNO.C8H11F3O.C6H12/c1-6-7-11(3)17-14-10(2)8-12(9-13(14)16)15(4,5)18;1-2-6(12)5-7(3-4-7)8(9,10)11;1-6(2)4-3-5-6/h8-9,18H,6-7H2,1-5H3;2-5H2,1H3;3-5H2,1-2H3. The summed E-state index contributed by atoms with van der Waals surface area (Å²) in [5.41, 5.74) is 0.684. The van der Waals surface area contributed by atoms with Gasteiger partial charge >= 0.3 is 6.18 Å². The molecule has 1 N–H and O–H groups in total. The van der Waals surface area contributed by atoms with Gasteiger partial charge < -0.3 is 5.11 Å². The average molecular weight is 516 g/mol. The Kier molecular flexibility index (Phi) is 11.3. The third-order valence-electron chi connectivity index (χ3n) is 6.97. The van der Waals surface area contributed by atoms with E-state index in [4.69, 9.17) is 0 Å². The Balaban J connectivity index is 0.000000306. The van der Waals surface area contributed by atoms with E-state index in [0.717, 1.165) is 29.5 Å². The Hall–Kier alpha value is -1.76. The molecule has 2 fully saturated rings. The quantitative estimate of drug-likeness (QED) is 0.291. The van der Waals surface area contributed by atoms with E-state index in [9.17, 15) is 27.5 Å². The maximum atomic E-state index is 14.0. The lowest BCUT2D eigenvalue weighted by molar-refractivity contribution is -0.190. The second kappa shape index (κ2) is 12.7. The predicted octanol–water partition coefficient (Wildman–Crippen LogP) is 9.15. The van der Waals surface area contributed by atoms with Crippen LogP contribution in [0.4, 0.5) is 23.2 Å². The van der Waals surface area contributed by atoms with E-state index in [2.05, 4.69) is 25.8 Å². The zero-order chi connectivity index (χ0) is 27.9. The Labute approximate surface area is 214 Å². The van der Waals surface area contributed by atoms with Gasteiger partial charge in [0.1, 0.15) is 17.3 Å². The van der Waals surface area contributed by atoms with Gasteiger partial charge in [0.25, 0.3) is 0 Å². The highest BCUT2D eigenvalue weighted by Gasteiger charge is 2.63. The summed E-state index contributed by atoms with van der Waals surface area (Å²) in [4.78, 5) is 15.1. The molecular formula is C29H45F4NO2. The van der Waals surface area contributed by atoms with Gasteiger partial charge in [-0.25, -0.2) is 4.39 Å². The first-order valence-electron chi connectivity index (χ1n) is 13.0. The molecule has 206 valence electrons. The lowest BCUT2D eigenvalue weighted by Gasteiger charge is -2.33. The summed E-state index contributed by atoms with van der Waals surface area (Å²) in [5.74, 6) is -0.660. The van der Waals surface area contributed by atoms with Crippen molar-refractivity contribution >= 4 is 17.2 Å². The number of rotatable bonds is 7. The van der Waals surface area contributed by atoms with Crippen LogP contribution in [0.1, 0.15) is 117 Å². The number of carbonyl (C=O) groups is 1. The zero-order valence-corrected chi connectivity index (χ0v) is 23.3. The average Bonchev–Trinajstić information content (AvgIpc) is 3.51. The van der Waals surface area contributed by atoms with Crippen LogP contribution in [0.2, 0.25) is 0 Å². The largest absolute Gasteiger partial charge is 0.394 e. The lowest BCUT2D eigenvalue weighted by atomic mass is 9.72. The Morgan fingerprint density at radius 1 is 1.08 bits per heavy atom. The molecule has 0 radical (unpaired) electrons. The molecule has 0 amide bonds. The highest BCUT2D eigenvalue weighted by atomic mass is 19.4. The number of hydrogen-bond donors (Lipinski definition) is 1. The Morgan fingerprint density at radius 3 is 1.92 bits per heavy atom. The number of hydrogen-bond acceptors (Lipinski definition) is 3. The fraction of sp³-hybridized carbons (Fsp3) is 0.724. The topological polar surface area (TPSA) is 49.7 Å². The molecule has 0 aromatic heterocycles. The third kappa shape index (κ3) is 9.95. The van der Waals surface area contributed by atoms with Crippen molar-refractivity contribution in [3.8, 4) is 0 Å². The maximum Gasteiger partial charge on any atom is 0.394 e. The highest BCUT2D eigenvalue weighted by molar-refractivity contribution is 5.85. The van der Waals surface area contributed by atoms with Crippen LogP contribution in [0.15, 0.2) is 17.1 Å². The molecule has 7 heteroatoms. The number of Topliss-reactive ketones (excluding diaryl/α,β-unsaturated/α-hetero) is 1. The molecule has 0 spiro atoms. The predicted molar refractivity (Wildman–Crippen MR) is 139 cm³/mol. The number of alkyl halides is 3. The fourth-order valence-electron chi connectivity index (χ4n) is 3.94. The molecule has 0 atom stereocenters. The molecule has 1 aromatic rings. The van der Waals surface area contributed by atoms with Gasteiger partial charge in [-0.3, -0.25) is 9.79 Å². The molecule has 0 bridgehead atoms. The summed E-state index contributed by atoms with van der Waals surface area (Å²) >= 11 is 0. The van der Waals surface area contributed by atoms with Gasteiger partial charge in [-0.15, -0.1) is 0 Å². The summed E-state index contributed by atoms with van der Waals surface area (Å²) in [6, 6.07) is 3.16. The van der Waals surface area contributed by atoms with E-state index >= 15 is 0 Å². The molecule has 2 saturated carbocycles. The number of aliphatic imine (C=N–C) groups is 1. The van der Waals surface area contributed by atoms with Crippen LogP contribution in [-0.2, 0) is 10.4 Å². The summed E-state index contributed by atoms with van der Waals surface area (Å²) in [5, 5.41) is 9.89. The van der Waals surface area contributed by atoms with Crippen LogP contribution in [-0.4, -0.2) is 22.8 Å². The summed E-state index contributed by atoms with van der Waals surface area (Å²) in [7, 11) is 0. The first-order chi connectivity index (χ1) is 16.4.